The molecule has 0 radical (unpaired) electrons. The van der Waals surface area contributed by atoms with Crippen molar-refractivity contribution < 1.29 is 15.0 Å². The van der Waals surface area contributed by atoms with Crippen LogP contribution in [0.25, 0.3) is 0 Å². The van der Waals surface area contributed by atoms with Crippen LogP contribution in [0, 0.1) is 5.41 Å². The zero-order valence-electron chi connectivity index (χ0n) is 11.5. The molecule has 0 saturated heterocycles. The van der Waals surface area contributed by atoms with Gasteiger partial charge in [-0.15, -0.1) is 6.58 Å². The number of allylic oxidation sites excluding steroid dienone is 1. The van der Waals surface area contributed by atoms with Crippen LogP contribution in [-0.4, -0.2) is 21.8 Å². The second-order valence-corrected chi connectivity index (χ2v) is 5.58. The lowest BCUT2D eigenvalue weighted by Crippen LogP contribution is -2.55. The van der Waals surface area contributed by atoms with E-state index in [2.05, 4.69) is 13.5 Å². The molecule has 0 aromatic rings. The third-order valence-electron chi connectivity index (χ3n) is 4.43. The van der Waals surface area contributed by atoms with Gasteiger partial charge in [0.15, 0.2) is 0 Å². The maximum absolute atomic E-state index is 11.7. The molecule has 0 bridgehead atoms. The zero-order chi connectivity index (χ0) is 13.6. The van der Waals surface area contributed by atoms with Crippen LogP contribution in [0.3, 0.4) is 0 Å². The van der Waals surface area contributed by atoms with E-state index in [0.717, 1.165) is 32.1 Å². The summed E-state index contributed by atoms with van der Waals surface area (Å²) in [5.74, 6) is -0.860. The third kappa shape index (κ3) is 2.77. The Morgan fingerprint density at radius 1 is 1.33 bits per heavy atom. The number of aliphatic carboxylic acids is 1. The van der Waals surface area contributed by atoms with Gasteiger partial charge in [-0.2, -0.15) is 0 Å². The molecule has 2 unspecified atom stereocenters. The second kappa shape index (κ2) is 6.37. The van der Waals surface area contributed by atoms with Crippen LogP contribution in [0.1, 0.15) is 64.7 Å². The van der Waals surface area contributed by atoms with Gasteiger partial charge in [0.1, 0.15) is 0 Å². The fourth-order valence-corrected chi connectivity index (χ4v) is 3.28. The van der Waals surface area contributed by atoms with Crippen molar-refractivity contribution in [3.8, 4) is 0 Å². The topological polar surface area (TPSA) is 57.5 Å². The van der Waals surface area contributed by atoms with Gasteiger partial charge in [-0.3, -0.25) is 4.79 Å². The molecule has 0 amide bonds. The van der Waals surface area contributed by atoms with Crippen molar-refractivity contribution in [2.24, 2.45) is 5.41 Å². The highest BCUT2D eigenvalue weighted by Gasteiger charge is 2.55. The van der Waals surface area contributed by atoms with E-state index in [1.807, 2.05) is 0 Å². The highest BCUT2D eigenvalue weighted by atomic mass is 16.4. The minimum absolute atomic E-state index is 0.366. The quantitative estimate of drug-likeness (QED) is 0.540. The Bertz CT molecular complexity index is 300. The van der Waals surface area contributed by atoms with Gasteiger partial charge in [-0.05, 0) is 25.7 Å². The SMILES string of the molecule is C=CCC1(C(=O)O)CCCCC1(O)CCCCC. The van der Waals surface area contributed by atoms with Crippen molar-refractivity contribution in [1.29, 1.82) is 0 Å². The standard InChI is InChI=1S/C15H26O3/c1-3-5-6-11-15(18)12-8-7-10-14(15,9-4-2)13(16)17/h4,18H,2-3,5-12H2,1H3,(H,16,17). The van der Waals surface area contributed by atoms with Crippen LogP contribution in [0.5, 0.6) is 0 Å². The summed E-state index contributed by atoms with van der Waals surface area (Å²) in [6, 6.07) is 0. The number of hydrogen-bond donors (Lipinski definition) is 2. The molecule has 0 aromatic carbocycles. The molecule has 104 valence electrons. The lowest BCUT2D eigenvalue weighted by atomic mass is 9.59. The summed E-state index contributed by atoms with van der Waals surface area (Å²) in [4.78, 5) is 11.7. The number of carboxylic acids is 1. The van der Waals surface area contributed by atoms with Gasteiger partial charge in [0.25, 0.3) is 0 Å². The number of hydrogen-bond acceptors (Lipinski definition) is 2. The number of carbonyl (C=O) groups is 1. The molecule has 1 fully saturated rings. The van der Waals surface area contributed by atoms with Crippen LogP contribution in [0.15, 0.2) is 12.7 Å². The minimum atomic E-state index is -1.06. The average Bonchev–Trinajstić information content (AvgIpc) is 2.32. The van der Waals surface area contributed by atoms with Gasteiger partial charge in [-0.1, -0.05) is 45.1 Å². The molecule has 1 aliphatic rings. The lowest BCUT2D eigenvalue weighted by Gasteiger charge is -2.47. The van der Waals surface area contributed by atoms with Gasteiger partial charge in [0, 0.05) is 0 Å². The van der Waals surface area contributed by atoms with Gasteiger partial charge in [-0.25, -0.2) is 0 Å². The van der Waals surface area contributed by atoms with E-state index in [0.29, 0.717) is 25.7 Å². The van der Waals surface area contributed by atoms with Crippen LogP contribution in [-0.2, 0) is 4.79 Å². The fraction of sp³-hybridized carbons (Fsp3) is 0.800. The fourth-order valence-electron chi connectivity index (χ4n) is 3.28. The van der Waals surface area contributed by atoms with E-state index < -0.39 is 17.0 Å². The maximum Gasteiger partial charge on any atom is 0.312 e. The molecule has 0 aliphatic heterocycles. The maximum atomic E-state index is 11.7. The van der Waals surface area contributed by atoms with Crippen LogP contribution in [0.4, 0.5) is 0 Å². The molecular weight excluding hydrogens is 228 g/mol. The summed E-state index contributed by atoms with van der Waals surface area (Å²) < 4.78 is 0. The molecule has 2 atom stereocenters. The van der Waals surface area contributed by atoms with Crippen LogP contribution in [0.2, 0.25) is 0 Å². The molecule has 3 nitrogen and oxygen atoms in total. The summed E-state index contributed by atoms with van der Waals surface area (Å²) in [5.41, 5.74) is -2.07. The van der Waals surface area contributed by atoms with Gasteiger partial charge in [0.05, 0.1) is 11.0 Å². The Labute approximate surface area is 110 Å². The second-order valence-electron chi connectivity index (χ2n) is 5.58. The van der Waals surface area contributed by atoms with Gasteiger partial charge < -0.3 is 10.2 Å². The van der Waals surface area contributed by atoms with Crippen molar-refractivity contribution in [3.05, 3.63) is 12.7 Å². The van der Waals surface area contributed by atoms with Crippen molar-refractivity contribution in [3.63, 3.8) is 0 Å². The molecule has 3 heteroatoms. The molecular formula is C15H26O3. The Morgan fingerprint density at radius 2 is 2.00 bits per heavy atom. The Morgan fingerprint density at radius 3 is 2.56 bits per heavy atom. The Balaban J connectivity index is 2.93. The van der Waals surface area contributed by atoms with Crippen LogP contribution >= 0.6 is 0 Å². The van der Waals surface area contributed by atoms with E-state index in [4.69, 9.17) is 0 Å². The molecule has 0 spiro atoms. The van der Waals surface area contributed by atoms with E-state index in [1.54, 1.807) is 6.08 Å². The number of carboxylic acid groups (broad SMARTS) is 1. The van der Waals surface area contributed by atoms with E-state index in [9.17, 15) is 15.0 Å². The van der Waals surface area contributed by atoms with Crippen molar-refractivity contribution >= 4 is 5.97 Å². The first-order valence-electron chi connectivity index (χ1n) is 7.09. The predicted octanol–water partition coefficient (Wildman–Crippen LogP) is 3.52. The molecule has 18 heavy (non-hydrogen) atoms. The minimum Gasteiger partial charge on any atom is -0.481 e. The molecule has 0 aromatic heterocycles. The smallest absolute Gasteiger partial charge is 0.312 e. The monoisotopic (exact) mass is 254 g/mol. The first-order valence-corrected chi connectivity index (χ1v) is 7.09. The number of aliphatic hydroxyl groups is 1. The predicted molar refractivity (Wildman–Crippen MR) is 72.4 cm³/mol. The Kier molecular flexibility index (Phi) is 5.39. The van der Waals surface area contributed by atoms with Crippen LogP contribution < -0.4 is 0 Å². The summed E-state index contributed by atoms with van der Waals surface area (Å²) in [7, 11) is 0. The highest BCUT2D eigenvalue weighted by molar-refractivity contribution is 5.77. The molecule has 2 N–H and O–H groups in total. The molecule has 1 saturated carbocycles. The summed E-state index contributed by atoms with van der Waals surface area (Å²) in [6.07, 6.45) is 8.62. The number of rotatable bonds is 7. The average molecular weight is 254 g/mol. The van der Waals surface area contributed by atoms with E-state index in [1.165, 1.54) is 0 Å². The van der Waals surface area contributed by atoms with Gasteiger partial charge >= 0.3 is 5.97 Å². The normalized spacial score (nSPS) is 32.1. The van der Waals surface area contributed by atoms with Gasteiger partial charge in [0.2, 0.25) is 0 Å². The van der Waals surface area contributed by atoms with Crippen molar-refractivity contribution in [2.75, 3.05) is 0 Å². The zero-order valence-corrected chi connectivity index (χ0v) is 11.5. The summed E-state index contributed by atoms with van der Waals surface area (Å²) >= 11 is 0. The largest absolute Gasteiger partial charge is 0.481 e. The Hall–Kier alpha value is -0.830. The summed E-state index contributed by atoms with van der Waals surface area (Å²) in [6.45, 7) is 5.78. The molecule has 0 heterocycles. The van der Waals surface area contributed by atoms with E-state index >= 15 is 0 Å². The first kappa shape index (κ1) is 15.2. The third-order valence-corrected chi connectivity index (χ3v) is 4.43. The molecule has 1 rings (SSSR count). The highest BCUT2D eigenvalue weighted by Crippen LogP contribution is 2.49. The first-order chi connectivity index (χ1) is 8.52. The number of unbranched alkanes of at least 4 members (excludes halogenated alkanes) is 2. The lowest BCUT2D eigenvalue weighted by molar-refractivity contribution is -0.179. The molecule has 1 aliphatic carbocycles. The summed E-state index contributed by atoms with van der Waals surface area (Å²) in [5, 5.41) is 20.5. The van der Waals surface area contributed by atoms with Crippen molar-refractivity contribution in [1.82, 2.24) is 0 Å². The van der Waals surface area contributed by atoms with Crippen molar-refractivity contribution in [2.45, 2.75) is 70.3 Å². The van der Waals surface area contributed by atoms with E-state index in [-0.39, 0.29) is 0 Å².